The van der Waals surface area contributed by atoms with Crippen LogP contribution >= 0.6 is 15.9 Å². The molecule has 0 heterocycles. The zero-order valence-corrected chi connectivity index (χ0v) is 24.1. The summed E-state index contributed by atoms with van der Waals surface area (Å²) in [6.45, 7) is 16.9. The molecule has 0 aliphatic heterocycles. The molecule has 0 aromatic carbocycles. The first-order chi connectivity index (χ1) is 15.7. The summed E-state index contributed by atoms with van der Waals surface area (Å²) in [4.78, 5) is 12.9. The Balaban J connectivity index is 1.66. The molecule has 0 amide bonds. The number of hydrogen-bond acceptors (Lipinski definition) is 2. The van der Waals surface area contributed by atoms with Crippen LogP contribution in [0.1, 0.15) is 106 Å². The largest absolute Gasteiger partial charge is 0.481 e. The highest BCUT2D eigenvalue weighted by Gasteiger charge is 2.70. The number of aliphatic hydroxyl groups excluding tert-OH is 1. The Morgan fingerprint density at radius 2 is 1.59 bits per heavy atom. The lowest BCUT2D eigenvalue weighted by Crippen LogP contribution is -2.65. The zero-order valence-electron chi connectivity index (χ0n) is 22.5. The number of allylic oxidation sites excluding steroid dienone is 2. The number of aliphatic hydroxyl groups is 1. The molecule has 3 nitrogen and oxygen atoms in total. The first-order valence-corrected chi connectivity index (χ1v) is 14.8. The summed E-state index contributed by atoms with van der Waals surface area (Å²) in [6, 6.07) is 0. The third kappa shape index (κ3) is 2.88. The molecule has 0 saturated heterocycles. The third-order valence-corrected chi connectivity index (χ3v) is 14.2. The lowest BCUT2D eigenvalue weighted by Gasteiger charge is -2.71. The fourth-order valence-electron chi connectivity index (χ4n) is 10.9. The number of carbonyl (C=O) groups is 1. The number of aliphatic carboxylic acids is 1. The van der Waals surface area contributed by atoms with E-state index in [1.165, 1.54) is 22.9 Å². The Morgan fingerprint density at radius 3 is 2.24 bits per heavy atom. The van der Waals surface area contributed by atoms with Gasteiger partial charge in [0, 0.05) is 5.92 Å². The minimum Gasteiger partial charge on any atom is -0.481 e. The molecule has 5 aliphatic carbocycles. The van der Waals surface area contributed by atoms with Gasteiger partial charge in [-0.15, -0.1) is 0 Å². The Kier molecular flexibility index (Phi) is 5.65. The second-order valence-electron chi connectivity index (χ2n) is 14.6. The smallest absolute Gasteiger partial charge is 0.310 e. The lowest BCUT2D eigenvalue weighted by atomic mass is 9.33. The number of carboxylic acids is 1. The van der Waals surface area contributed by atoms with Crippen LogP contribution in [0, 0.1) is 56.7 Å². The number of hydrogen-bond donors (Lipinski definition) is 2. The normalized spacial score (nSPS) is 54.4. The van der Waals surface area contributed by atoms with E-state index in [1.807, 2.05) is 0 Å². The molecule has 0 bridgehead atoms. The van der Waals surface area contributed by atoms with E-state index in [4.69, 9.17) is 0 Å². The molecule has 34 heavy (non-hydrogen) atoms. The van der Waals surface area contributed by atoms with Crippen molar-refractivity contribution >= 4 is 21.9 Å². The Hall–Kier alpha value is -0.350. The molecular weight excluding hydrogens is 488 g/mol. The molecule has 4 heteroatoms. The van der Waals surface area contributed by atoms with Gasteiger partial charge in [0.25, 0.3) is 0 Å². The van der Waals surface area contributed by atoms with E-state index >= 15 is 0 Å². The van der Waals surface area contributed by atoms with Crippen LogP contribution in [0.15, 0.2) is 10.1 Å². The minimum atomic E-state index is -0.596. The average Bonchev–Trinajstić information content (AvgIpc) is 2.75. The maximum absolute atomic E-state index is 12.9. The summed E-state index contributed by atoms with van der Waals surface area (Å²) in [5.41, 5.74) is 1.23. The van der Waals surface area contributed by atoms with Gasteiger partial charge < -0.3 is 10.2 Å². The SMILES string of the molecule is C[C@H]1[C@H](C)CC[C@]2(C(=O)O)CC[C@]3(C)C(=C(Br)C[C@@H]4[C@@]5(C)CC[C@H](O)C(C)(C)[C@@H]5CC[C@]43C)[C@H]12. The van der Waals surface area contributed by atoms with Crippen LogP contribution in [0.25, 0.3) is 0 Å². The van der Waals surface area contributed by atoms with Gasteiger partial charge >= 0.3 is 5.97 Å². The van der Waals surface area contributed by atoms with Crippen molar-refractivity contribution < 1.29 is 15.0 Å². The van der Waals surface area contributed by atoms with Crippen LogP contribution in [-0.4, -0.2) is 22.3 Å². The van der Waals surface area contributed by atoms with E-state index in [2.05, 4.69) is 64.4 Å². The first-order valence-electron chi connectivity index (χ1n) is 14.0. The zero-order chi connectivity index (χ0) is 25.1. The number of fused-ring (bicyclic) bond motifs is 7. The van der Waals surface area contributed by atoms with Crippen LogP contribution in [0.5, 0.6) is 0 Å². The van der Waals surface area contributed by atoms with Crippen LogP contribution in [0.2, 0.25) is 0 Å². The van der Waals surface area contributed by atoms with Crippen molar-refractivity contribution in [3.05, 3.63) is 10.1 Å². The highest BCUT2D eigenvalue weighted by Crippen LogP contribution is 2.77. The van der Waals surface area contributed by atoms with Crippen LogP contribution in [0.3, 0.4) is 0 Å². The van der Waals surface area contributed by atoms with E-state index in [9.17, 15) is 15.0 Å². The fourth-order valence-corrected chi connectivity index (χ4v) is 11.9. The molecule has 2 N–H and O–H groups in total. The molecule has 192 valence electrons. The summed E-state index contributed by atoms with van der Waals surface area (Å²) in [5.74, 6) is 1.62. The molecule has 0 aromatic heterocycles. The van der Waals surface area contributed by atoms with E-state index in [0.29, 0.717) is 23.7 Å². The third-order valence-electron chi connectivity index (χ3n) is 13.4. The molecule has 0 unspecified atom stereocenters. The standard InChI is InChI=1S/C30H47BrO3/c1-17-8-13-30(25(33)34)15-14-29(7)24(23(30)18(17)2)19(31)16-21-27(5)11-10-22(32)26(3,4)20(27)9-12-28(21,29)6/h17-18,20-23,32H,8-16H2,1-7H3,(H,33,34)/t17-,18+,20+,21-,22+,23+,27+,28-,29-,30+/m1/s1. The summed E-state index contributed by atoms with van der Waals surface area (Å²) >= 11 is 4.15. The molecule has 4 fully saturated rings. The van der Waals surface area contributed by atoms with Crippen LogP contribution < -0.4 is 0 Å². The molecular formula is C30H47BrO3. The van der Waals surface area contributed by atoms with Gasteiger partial charge in [-0.1, -0.05) is 64.4 Å². The topological polar surface area (TPSA) is 57.5 Å². The van der Waals surface area contributed by atoms with Gasteiger partial charge in [0.2, 0.25) is 0 Å². The molecule has 0 spiro atoms. The quantitative estimate of drug-likeness (QED) is 0.360. The predicted octanol–water partition coefficient (Wildman–Crippen LogP) is 7.81. The highest BCUT2D eigenvalue weighted by molar-refractivity contribution is 9.11. The molecule has 0 aromatic rings. The van der Waals surface area contributed by atoms with Gasteiger partial charge in [-0.2, -0.15) is 0 Å². The molecule has 10 atom stereocenters. The van der Waals surface area contributed by atoms with Crippen molar-refractivity contribution in [1.29, 1.82) is 0 Å². The summed E-state index contributed by atoms with van der Waals surface area (Å²) < 4.78 is 1.33. The van der Waals surface area contributed by atoms with Gasteiger partial charge in [-0.25, -0.2) is 0 Å². The molecule has 0 radical (unpaired) electrons. The van der Waals surface area contributed by atoms with Crippen molar-refractivity contribution in [3.8, 4) is 0 Å². The molecule has 4 saturated carbocycles. The molecule has 5 aliphatic rings. The van der Waals surface area contributed by atoms with Crippen LogP contribution in [0.4, 0.5) is 0 Å². The molecule has 5 rings (SSSR count). The van der Waals surface area contributed by atoms with E-state index in [0.717, 1.165) is 44.9 Å². The van der Waals surface area contributed by atoms with E-state index < -0.39 is 11.4 Å². The van der Waals surface area contributed by atoms with Crippen molar-refractivity contribution in [2.75, 3.05) is 0 Å². The fraction of sp³-hybridized carbons (Fsp3) is 0.900. The second kappa shape index (κ2) is 7.59. The van der Waals surface area contributed by atoms with Crippen molar-refractivity contribution in [1.82, 2.24) is 0 Å². The Labute approximate surface area is 215 Å². The minimum absolute atomic E-state index is 0.0257. The monoisotopic (exact) mass is 534 g/mol. The summed E-state index contributed by atoms with van der Waals surface area (Å²) in [6.07, 6.45) is 8.85. The highest BCUT2D eigenvalue weighted by atomic mass is 79.9. The predicted molar refractivity (Wildman–Crippen MR) is 140 cm³/mol. The average molecular weight is 536 g/mol. The van der Waals surface area contributed by atoms with Crippen molar-refractivity contribution in [2.45, 2.75) is 112 Å². The maximum atomic E-state index is 12.9. The van der Waals surface area contributed by atoms with Crippen LogP contribution in [-0.2, 0) is 4.79 Å². The first kappa shape index (κ1) is 25.3. The van der Waals surface area contributed by atoms with Crippen molar-refractivity contribution in [2.24, 2.45) is 56.7 Å². The Bertz CT molecular complexity index is 924. The van der Waals surface area contributed by atoms with E-state index in [-0.39, 0.29) is 33.7 Å². The second-order valence-corrected chi connectivity index (χ2v) is 15.6. The van der Waals surface area contributed by atoms with Gasteiger partial charge in [0.05, 0.1) is 11.5 Å². The van der Waals surface area contributed by atoms with E-state index in [1.54, 1.807) is 0 Å². The Morgan fingerprint density at radius 1 is 0.912 bits per heavy atom. The van der Waals surface area contributed by atoms with Gasteiger partial charge in [0.1, 0.15) is 0 Å². The number of carboxylic acid groups (broad SMARTS) is 1. The van der Waals surface area contributed by atoms with Crippen molar-refractivity contribution in [3.63, 3.8) is 0 Å². The maximum Gasteiger partial charge on any atom is 0.310 e. The summed E-state index contributed by atoms with van der Waals surface area (Å²) in [7, 11) is 0. The summed E-state index contributed by atoms with van der Waals surface area (Å²) in [5, 5.41) is 21.5. The number of rotatable bonds is 1. The number of halogens is 1. The van der Waals surface area contributed by atoms with Gasteiger partial charge in [-0.3, -0.25) is 4.79 Å². The lowest BCUT2D eigenvalue weighted by molar-refractivity contribution is -0.207. The van der Waals surface area contributed by atoms with Gasteiger partial charge in [-0.05, 0) is 113 Å². The van der Waals surface area contributed by atoms with Gasteiger partial charge in [0.15, 0.2) is 0 Å².